The van der Waals surface area contributed by atoms with Gasteiger partial charge in [0.05, 0.1) is 11.1 Å². The van der Waals surface area contributed by atoms with Crippen LogP contribution in [-0.2, 0) is 4.74 Å². The van der Waals surface area contributed by atoms with E-state index in [1.165, 1.54) is 12.0 Å². The summed E-state index contributed by atoms with van der Waals surface area (Å²) >= 11 is 9.55. The van der Waals surface area contributed by atoms with Crippen molar-refractivity contribution < 1.29 is 4.74 Å². The molecular weight excluding hydrogens is 302 g/mol. The van der Waals surface area contributed by atoms with E-state index in [1.54, 1.807) is 0 Å². The lowest BCUT2D eigenvalue weighted by molar-refractivity contribution is -0.0272. The lowest BCUT2D eigenvalue weighted by atomic mass is 9.89. The molecule has 2 rings (SSSR count). The Bertz CT molecular complexity index is 384. The van der Waals surface area contributed by atoms with Crippen LogP contribution < -0.4 is 5.32 Å². The number of hydrogen-bond acceptors (Lipinski definition) is 2. The minimum absolute atomic E-state index is 0.168. The van der Waals surface area contributed by atoms with Crippen molar-refractivity contribution in [2.24, 2.45) is 5.92 Å². The molecule has 1 aliphatic rings. The van der Waals surface area contributed by atoms with E-state index in [0.29, 0.717) is 5.92 Å². The first-order chi connectivity index (χ1) is 8.22. The van der Waals surface area contributed by atoms with E-state index in [0.717, 1.165) is 29.1 Å². The standard InChI is InChI=1S/C13H17BrClNO/c1-16-8-10-3-2-6-17-13(10)9-4-5-11(14)12(15)7-9/h4-5,7,10,13,16H,2-3,6,8H2,1H3. The molecule has 2 unspecified atom stereocenters. The maximum atomic E-state index is 6.14. The van der Waals surface area contributed by atoms with Crippen molar-refractivity contribution in [2.75, 3.05) is 20.2 Å². The Morgan fingerprint density at radius 1 is 1.53 bits per heavy atom. The zero-order valence-corrected chi connectivity index (χ0v) is 12.2. The van der Waals surface area contributed by atoms with Crippen LogP contribution in [0.25, 0.3) is 0 Å². The van der Waals surface area contributed by atoms with Crippen molar-refractivity contribution in [3.05, 3.63) is 33.3 Å². The van der Waals surface area contributed by atoms with Gasteiger partial charge in [-0.15, -0.1) is 0 Å². The molecule has 1 N–H and O–H groups in total. The minimum Gasteiger partial charge on any atom is -0.373 e. The van der Waals surface area contributed by atoms with E-state index >= 15 is 0 Å². The first kappa shape index (κ1) is 13.3. The highest BCUT2D eigenvalue weighted by molar-refractivity contribution is 9.10. The molecule has 0 bridgehead atoms. The van der Waals surface area contributed by atoms with Gasteiger partial charge in [0, 0.05) is 23.5 Å². The van der Waals surface area contributed by atoms with Crippen LogP contribution in [0.2, 0.25) is 5.02 Å². The van der Waals surface area contributed by atoms with Gasteiger partial charge in [-0.1, -0.05) is 17.7 Å². The van der Waals surface area contributed by atoms with Gasteiger partial charge < -0.3 is 10.1 Å². The Morgan fingerprint density at radius 3 is 3.06 bits per heavy atom. The van der Waals surface area contributed by atoms with Crippen LogP contribution in [-0.4, -0.2) is 20.2 Å². The van der Waals surface area contributed by atoms with Gasteiger partial charge in [-0.2, -0.15) is 0 Å². The van der Waals surface area contributed by atoms with Gasteiger partial charge in [-0.3, -0.25) is 0 Å². The van der Waals surface area contributed by atoms with Gasteiger partial charge in [-0.05, 0) is 53.5 Å². The summed E-state index contributed by atoms with van der Waals surface area (Å²) < 4.78 is 6.84. The lowest BCUT2D eigenvalue weighted by Gasteiger charge is -2.32. The fraction of sp³-hybridized carbons (Fsp3) is 0.538. The molecule has 4 heteroatoms. The van der Waals surface area contributed by atoms with Crippen LogP contribution in [0.5, 0.6) is 0 Å². The maximum Gasteiger partial charge on any atom is 0.0865 e. The molecule has 0 radical (unpaired) electrons. The second kappa shape index (κ2) is 6.19. The second-order valence-corrected chi connectivity index (χ2v) is 5.69. The van der Waals surface area contributed by atoms with Crippen LogP contribution >= 0.6 is 27.5 Å². The average molecular weight is 319 g/mol. The van der Waals surface area contributed by atoms with Crippen molar-refractivity contribution >= 4 is 27.5 Å². The summed E-state index contributed by atoms with van der Waals surface area (Å²) in [6.45, 7) is 1.83. The normalized spacial score (nSPS) is 24.9. The van der Waals surface area contributed by atoms with Crippen molar-refractivity contribution in [3.8, 4) is 0 Å². The van der Waals surface area contributed by atoms with Crippen molar-refractivity contribution in [1.29, 1.82) is 0 Å². The number of ether oxygens (including phenoxy) is 1. The smallest absolute Gasteiger partial charge is 0.0865 e. The van der Waals surface area contributed by atoms with E-state index in [2.05, 4.69) is 27.3 Å². The molecule has 0 spiro atoms. The van der Waals surface area contributed by atoms with Crippen LogP contribution in [0.15, 0.2) is 22.7 Å². The zero-order chi connectivity index (χ0) is 12.3. The quantitative estimate of drug-likeness (QED) is 0.915. The Kier molecular flexibility index (Phi) is 4.86. The Labute approximate surface area is 116 Å². The molecule has 2 atom stereocenters. The minimum atomic E-state index is 0.168. The van der Waals surface area contributed by atoms with Crippen molar-refractivity contribution in [2.45, 2.75) is 18.9 Å². The number of benzene rings is 1. The first-order valence-electron chi connectivity index (χ1n) is 5.93. The molecule has 2 nitrogen and oxygen atoms in total. The third-order valence-electron chi connectivity index (χ3n) is 3.18. The summed E-state index contributed by atoms with van der Waals surface area (Å²) in [4.78, 5) is 0. The van der Waals surface area contributed by atoms with E-state index in [9.17, 15) is 0 Å². The zero-order valence-electron chi connectivity index (χ0n) is 9.88. The molecule has 1 heterocycles. The molecule has 0 saturated carbocycles. The predicted octanol–water partition coefficient (Wildman–Crippen LogP) is 3.79. The summed E-state index contributed by atoms with van der Waals surface area (Å²) in [6.07, 6.45) is 2.52. The molecule has 1 saturated heterocycles. The van der Waals surface area contributed by atoms with E-state index < -0.39 is 0 Å². The maximum absolute atomic E-state index is 6.14. The third-order valence-corrected chi connectivity index (χ3v) is 4.42. The van der Waals surface area contributed by atoms with Gasteiger partial charge in [0.1, 0.15) is 0 Å². The molecule has 0 aliphatic carbocycles. The highest BCUT2D eigenvalue weighted by atomic mass is 79.9. The summed E-state index contributed by atoms with van der Waals surface area (Å²) in [6, 6.07) is 6.09. The molecule has 0 aromatic heterocycles. The summed E-state index contributed by atoms with van der Waals surface area (Å²) in [5.74, 6) is 0.533. The largest absolute Gasteiger partial charge is 0.373 e. The highest BCUT2D eigenvalue weighted by Crippen LogP contribution is 2.35. The molecule has 1 aromatic carbocycles. The van der Waals surface area contributed by atoms with Gasteiger partial charge in [0.2, 0.25) is 0 Å². The third kappa shape index (κ3) is 3.22. The molecule has 17 heavy (non-hydrogen) atoms. The SMILES string of the molecule is CNCC1CCCOC1c1ccc(Br)c(Cl)c1. The summed E-state index contributed by atoms with van der Waals surface area (Å²) in [7, 11) is 1.99. The van der Waals surface area contributed by atoms with Gasteiger partial charge in [-0.25, -0.2) is 0 Å². The van der Waals surface area contributed by atoms with Gasteiger partial charge in [0.15, 0.2) is 0 Å². The Balaban J connectivity index is 2.20. The number of nitrogens with one attached hydrogen (secondary N) is 1. The van der Waals surface area contributed by atoms with E-state index in [4.69, 9.17) is 16.3 Å². The molecule has 1 aromatic rings. The molecule has 0 amide bonds. The summed E-state index contributed by atoms with van der Waals surface area (Å²) in [5.41, 5.74) is 1.18. The van der Waals surface area contributed by atoms with E-state index in [1.807, 2.05) is 19.2 Å². The Morgan fingerprint density at radius 2 is 2.35 bits per heavy atom. The molecule has 94 valence electrons. The topological polar surface area (TPSA) is 21.3 Å². The highest BCUT2D eigenvalue weighted by Gasteiger charge is 2.27. The molecule has 1 aliphatic heterocycles. The van der Waals surface area contributed by atoms with Crippen LogP contribution in [0.4, 0.5) is 0 Å². The van der Waals surface area contributed by atoms with Gasteiger partial charge in [0.25, 0.3) is 0 Å². The predicted molar refractivity (Wildman–Crippen MR) is 74.5 cm³/mol. The monoisotopic (exact) mass is 317 g/mol. The van der Waals surface area contributed by atoms with Crippen LogP contribution in [0.3, 0.4) is 0 Å². The summed E-state index contributed by atoms with van der Waals surface area (Å²) in [5, 5.41) is 3.99. The van der Waals surface area contributed by atoms with Gasteiger partial charge >= 0.3 is 0 Å². The number of halogens is 2. The van der Waals surface area contributed by atoms with E-state index in [-0.39, 0.29) is 6.10 Å². The number of hydrogen-bond donors (Lipinski definition) is 1. The molecule has 1 fully saturated rings. The van der Waals surface area contributed by atoms with Crippen LogP contribution in [0.1, 0.15) is 24.5 Å². The number of rotatable bonds is 3. The van der Waals surface area contributed by atoms with Crippen molar-refractivity contribution in [1.82, 2.24) is 5.32 Å². The fourth-order valence-corrected chi connectivity index (χ4v) is 2.81. The fourth-order valence-electron chi connectivity index (χ4n) is 2.37. The first-order valence-corrected chi connectivity index (χ1v) is 7.10. The van der Waals surface area contributed by atoms with Crippen molar-refractivity contribution in [3.63, 3.8) is 0 Å². The lowest BCUT2D eigenvalue weighted by Crippen LogP contribution is -2.30. The Hall–Kier alpha value is -0.0900. The van der Waals surface area contributed by atoms with Crippen LogP contribution in [0, 0.1) is 5.92 Å². The molecular formula is C13H17BrClNO. The second-order valence-electron chi connectivity index (χ2n) is 4.42. The average Bonchev–Trinajstić information content (AvgIpc) is 2.34.